The maximum Gasteiger partial charge on any atom is 0.345 e. The number of carbonyl (C=O) groups excluding carboxylic acids is 1. The third-order valence-electron chi connectivity index (χ3n) is 1.30. The maximum atomic E-state index is 11.1. The molecule has 0 radical (unpaired) electrons. The van der Waals surface area contributed by atoms with Crippen LogP contribution in [0.4, 0.5) is 0 Å². The van der Waals surface area contributed by atoms with Gasteiger partial charge in [0.1, 0.15) is 6.07 Å². The minimum Gasteiger partial charge on any atom is -0.481 e. The van der Waals surface area contributed by atoms with Crippen LogP contribution in [0.2, 0.25) is 0 Å². The second-order valence-electron chi connectivity index (χ2n) is 2.36. The molecule has 1 atom stereocenters. The Morgan fingerprint density at radius 1 is 1.43 bits per heavy atom. The van der Waals surface area contributed by atoms with Crippen LogP contribution in [0, 0.1) is 11.3 Å². The van der Waals surface area contributed by atoms with Crippen LogP contribution in [-0.2, 0) is 14.3 Å². The van der Waals surface area contributed by atoms with E-state index in [1.807, 2.05) is 0 Å². The number of aliphatic imine (C=N–C) groups is 1. The van der Waals surface area contributed by atoms with Crippen molar-refractivity contribution >= 4 is 11.9 Å². The van der Waals surface area contributed by atoms with Crippen molar-refractivity contribution in [2.24, 2.45) is 4.99 Å². The predicted molar refractivity (Wildman–Crippen MR) is 50.8 cm³/mol. The monoisotopic (exact) mass is 198 g/mol. The van der Waals surface area contributed by atoms with Crippen molar-refractivity contribution in [2.45, 2.75) is 26.8 Å². The smallest absolute Gasteiger partial charge is 0.345 e. The van der Waals surface area contributed by atoms with Crippen LogP contribution in [0.5, 0.6) is 0 Å². The van der Waals surface area contributed by atoms with E-state index in [1.165, 1.54) is 0 Å². The second kappa shape index (κ2) is 6.89. The van der Waals surface area contributed by atoms with Gasteiger partial charge in [-0.05, 0) is 13.8 Å². The number of ether oxygens (including phenoxy) is 2. The maximum absolute atomic E-state index is 11.1. The average molecular weight is 198 g/mol. The highest BCUT2D eigenvalue weighted by Crippen LogP contribution is 1.96. The lowest BCUT2D eigenvalue weighted by Crippen LogP contribution is -2.21. The number of esters is 1. The van der Waals surface area contributed by atoms with Gasteiger partial charge in [0.25, 0.3) is 0 Å². The lowest BCUT2D eigenvalue weighted by molar-refractivity contribution is -0.143. The summed E-state index contributed by atoms with van der Waals surface area (Å²) in [5, 5.41) is 8.63. The van der Waals surface area contributed by atoms with Gasteiger partial charge in [0.05, 0.1) is 13.2 Å². The van der Waals surface area contributed by atoms with E-state index >= 15 is 0 Å². The average Bonchev–Trinajstić information content (AvgIpc) is 2.15. The standard InChI is InChI=1S/C9H14N2O3/c1-4-13-7(3)11-8(6-10)9(12)14-5-2/h8H,4-5H2,1-3H3/b11-7+. The number of hydrogen-bond donors (Lipinski definition) is 0. The lowest BCUT2D eigenvalue weighted by Gasteiger charge is -2.05. The summed E-state index contributed by atoms with van der Waals surface area (Å²) in [5.41, 5.74) is 0. The largest absolute Gasteiger partial charge is 0.481 e. The molecule has 0 saturated carbocycles. The van der Waals surface area contributed by atoms with Gasteiger partial charge in [-0.25, -0.2) is 9.79 Å². The molecule has 0 bridgehead atoms. The summed E-state index contributed by atoms with van der Waals surface area (Å²) in [6.07, 6.45) is 0. The molecule has 0 N–H and O–H groups in total. The highest BCUT2D eigenvalue weighted by molar-refractivity contribution is 5.83. The van der Waals surface area contributed by atoms with Crippen molar-refractivity contribution in [3.05, 3.63) is 0 Å². The zero-order valence-corrected chi connectivity index (χ0v) is 8.61. The first-order valence-electron chi connectivity index (χ1n) is 4.39. The van der Waals surface area contributed by atoms with E-state index in [4.69, 9.17) is 10.00 Å². The van der Waals surface area contributed by atoms with Crippen LogP contribution < -0.4 is 0 Å². The minimum absolute atomic E-state index is 0.236. The first kappa shape index (κ1) is 12.4. The molecule has 0 aliphatic heterocycles. The Morgan fingerprint density at radius 3 is 2.43 bits per heavy atom. The Labute approximate surface area is 83.3 Å². The van der Waals surface area contributed by atoms with Crippen molar-refractivity contribution in [1.82, 2.24) is 0 Å². The molecule has 0 amide bonds. The fourth-order valence-electron chi connectivity index (χ4n) is 0.783. The molecule has 0 aromatic rings. The molecule has 0 fully saturated rings. The van der Waals surface area contributed by atoms with Gasteiger partial charge in [0.2, 0.25) is 6.04 Å². The van der Waals surface area contributed by atoms with E-state index < -0.39 is 12.0 Å². The first-order valence-corrected chi connectivity index (χ1v) is 4.39. The fourth-order valence-corrected chi connectivity index (χ4v) is 0.783. The highest BCUT2D eigenvalue weighted by atomic mass is 16.5. The number of carbonyl (C=O) groups is 1. The molecule has 0 heterocycles. The number of nitrogens with zero attached hydrogens (tertiary/aromatic N) is 2. The summed E-state index contributed by atoms with van der Waals surface area (Å²) in [7, 11) is 0. The van der Waals surface area contributed by atoms with Gasteiger partial charge < -0.3 is 9.47 Å². The summed E-state index contributed by atoms with van der Waals surface area (Å²) in [6.45, 7) is 5.75. The first-order chi connectivity index (χ1) is 6.65. The Morgan fingerprint density at radius 2 is 2.00 bits per heavy atom. The molecule has 5 nitrogen and oxygen atoms in total. The molecule has 0 saturated heterocycles. The van der Waals surface area contributed by atoms with E-state index in [2.05, 4.69) is 9.73 Å². The van der Waals surface area contributed by atoms with Crippen molar-refractivity contribution in [1.29, 1.82) is 5.26 Å². The number of rotatable bonds is 4. The van der Waals surface area contributed by atoms with E-state index in [0.29, 0.717) is 12.5 Å². The number of nitriles is 1. The molecule has 0 aliphatic rings. The van der Waals surface area contributed by atoms with Gasteiger partial charge >= 0.3 is 5.97 Å². The summed E-state index contributed by atoms with van der Waals surface area (Å²) in [4.78, 5) is 14.9. The zero-order valence-electron chi connectivity index (χ0n) is 8.61. The van der Waals surface area contributed by atoms with E-state index in [-0.39, 0.29) is 6.61 Å². The van der Waals surface area contributed by atoms with Crippen molar-refractivity contribution < 1.29 is 14.3 Å². The molecule has 0 aromatic carbocycles. The Kier molecular flexibility index (Phi) is 6.12. The van der Waals surface area contributed by atoms with Crippen molar-refractivity contribution in [2.75, 3.05) is 13.2 Å². The third kappa shape index (κ3) is 4.45. The van der Waals surface area contributed by atoms with Gasteiger partial charge in [-0.1, -0.05) is 0 Å². The zero-order chi connectivity index (χ0) is 11.0. The molecular formula is C9H14N2O3. The normalized spacial score (nSPS) is 12.9. The quantitative estimate of drug-likeness (QED) is 0.382. The van der Waals surface area contributed by atoms with Crippen molar-refractivity contribution in [3.8, 4) is 6.07 Å². The van der Waals surface area contributed by atoms with Crippen LogP contribution >= 0.6 is 0 Å². The molecule has 14 heavy (non-hydrogen) atoms. The van der Waals surface area contributed by atoms with Gasteiger partial charge in [-0.15, -0.1) is 0 Å². The lowest BCUT2D eigenvalue weighted by atomic mass is 10.3. The summed E-state index contributed by atoms with van der Waals surface area (Å²) >= 11 is 0. The van der Waals surface area contributed by atoms with Crippen molar-refractivity contribution in [3.63, 3.8) is 0 Å². The third-order valence-corrected chi connectivity index (χ3v) is 1.30. The van der Waals surface area contributed by atoms with Gasteiger partial charge in [0, 0.05) is 6.92 Å². The van der Waals surface area contributed by atoms with Crippen LogP contribution in [0.1, 0.15) is 20.8 Å². The summed E-state index contributed by atoms with van der Waals surface area (Å²) in [6, 6.07) is 0.610. The second-order valence-corrected chi connectivity index (χ2v) is 2.36. The molecule has 1 unspecified atom stereocenters. The summed E-state index contributed by atoms with van der Waals surface area (Å²) < 4.78 is 9.64. The van der Waals surface area contributed by atoms with Gasteiger partial charge in [-0.2, -0.15) is 5.26 Å². The number of hydrogen-bond acceptors (Lipinski definition) is 5. The topological polar surface area (TPSA) is 71.7 Å². The van der Waals surface area contributed by atoms with Crippen LogP contribution in [0.25, 0.3) is 0 Å². The van der Waals surface area contributed by atoms with Crippen LogP contribution in [-0.4, -0.2) is 31.1 Å². The fraction of sp³-hybridized carbons (Fsp3) is 0.667. The predicted octanol–water partition coefficient (Wildman–Crippen LogP) is 0.897. The summed E-state index contributed by atoms with van der Waals surface area (Å²) in [5.74, 6) is -0.332. The van der Waals surface area contributed by atoms with E-state index in [0.717, 1.165) is 0 Å². The molecule has 0 aliphatic carbocycles. The molecule has 0 rings (SSSR count). The van der Waals surface area contributed by atoms with E-state index in [1.54, 1.807) is 26.8 Å². The molecule has 0 aromatic heterocycles. The minimum atomic E-state index is -1.12. The van der Waals surface area contributed by atoms with Crippen LogP contribution in [0.3, 0.4) is 0 Å². The van der Waals surface area contributed by atoms with Gasteiger partial charge in [0.15, 0.2) is 5.90 Å². The molecular weight excluding hydrogens is 184 g/mol. The highest BCUT2D eigenvalue weighted by Gasteiger charge is 2.18. The van der Waals surface area contributed by atoms with Gasteiger partial charge in [-0.3, -0.25) is 0 Å². The SMILES string of the molecule is CCOC(=O)C(C#N)/N=C(\C)OCC. The Hall–Kier alpha value is -1.57. The molecule has 5 heteroatoms. The van der Waals surface area contributed by atoms with Crippen LogP contribution in [0.15, 0.2) is 4.99 Å². The molecule has 78 valence electrons. The Balaban J connectivity index is 4.36. The van der Waals surface area contributed by atoms with E-state index in [9.17, 15) is 4.79 Å². The Bertz CT molecular complexity index is 255. The molecule has 0 spiro atoms.